The first-order valence-corrected chi connectivity index (χ1v) is 4.95. The Morgan fingerprint density at radius 1 is 1.71 bits per heavy atom. The lowest BCUT2D eigenvalue weighted by molar-refractivity contribution is 0.0702. The standard InChI is InChI=1S/C9H8ClNO2S/c1-5(10)2-7-6(4-11)3-8(14-7)9(12)13/h2-4,11H,1H3,(H,12,13)/b5-2+,11-4?. The first-order chi connectivity index (χ1) is 6.54. The highest BCUT2D eigenvalue weighted by atomic mass is 35.5. The lowest BCUT2D eigenvalue weighted by atomic mass is 10.2. The van der Waals surface area contributed by atoms with Crippen LogP contribution in [0.15, 0.2) is 11.1 Å². The Kier molecular flexibility index (Phi) is 3.43. The Labute approximate surface area is 90.2 Å². The maximum absolute atomic E-state index is 10.6. The fourth-order valence-electron chi connectivity index (χ4n) is 0.931. The minimum absolute atomic E-state index is 0.215. The van der Waals surface area contributed by atoms with E-state index in [2.05, 4.69) is 0 Å². The highest BCUT2D eigenvalue weighted by molar-refractivity contribution is 7.15. The third-order valence-electron chi connectivity index (χ3n) is 1.49. The van der Waals surface area contributed by atoms with Crippen molar-refractivity contribution in [3.8, 4) is 0 Å². The Morgan fingerprint density at radius 3 is 2.79 bits per heavy atom. The second-order valence-corrected chi connectivity index (χ2v) is 4.29. The van der Waals surface area contributed by atoms with Gasteiger partial charge in [0.05, 0.1) is 0 Å². The summed E-state index contributed by atoms with van der Waals surface area (Å²) < 4.78 is 0. The maximum atomic E-state index is 10.6. The van der Waals surface area contributed by atoms with Crippen molar-refractivity contribution < 1.29 is 9.90 Å². The van der Waals surface area contributed by atoms with Gasteiger partial charge in [-0.2, -0.15) is 0 Å². The van der Waals surface area contributed by atoms with Gasteiger partial charge in [0.25, 0.3) is 0 Å². The molecule has 0 saturated heterocycles. The Balaban J connectivity index is 3.22. The molecule has 0 aromatic carbocycles. The van der Waals surface area contributed by atoms with Crippen LogP contribution in [-0.2, 0) is 0 Å². The minimum atomic E-state index is -0.982. The topological polar surface area (TPSA) is 61.1 Å². The van der Waals surface area contributed by atoms with Crippen LogP contribution in [0.2, 0.25) is 0 Å². The van der Waals surface area contributed by atoms with Gasteiger partial charge in [-0.15, -0.1) is 11.3 Å². The van der Waals surface area contributed by atoms with Crippen LogP contribution >= 0.6 is 22.9 Å². The zero-order chi connectivity index (χ0) is 10.7. The van der Waals surface area contributed by atoms with Crippen molar-refractivity contribution in [2.45, 2.75) is 6.92 Å². The summed E-state index contributed by atoms with van der Waals surface area (Å²) in [6, 6.07) is 1.46. The molecule has 0 atom stereocenters. The van der Waals surface area contributed by atoms with Crippen LogP contribution in [0.5, 0.6) is 0 Å². The molecule has 0 saturated carbocycles. The predicted octanol–water partition coefficient (Wildman–Crippen LogP) is 3.04. The predicted molar refractivity (Wildman–Crippen MR) is 58.7 cm³/mol. The van der Waals surface area contributed by atoms with Crippen molar-refractivity contribution in [1.82, 2.24) is 0 Å². The van der Waals surface area contributed by atoms with E-state index in [1.54, 1.807) is 13.0 Å². The van der Waals surface area contributed by atoms with E-state index in [4.69, 9.17) is 22.1 Å². The fourth-order valence-corrected chi connectivity index (χ4v) is 2.09. The van der Waals surface area contributed by atoms with E-state index in [0.717, 1.165) is 17.6 Å². The second kappa shape index (κ2) is 4.39. The molecule has 0 aliphatic heterocycles. The molecule has 14 heavy (non-hydrogen) atoms. The van der Waals surface area contributed by atoms with Gasteiger partial charge in [0.2, 0.25) is 0 Å². The SMILES string of the molecule is C/C(Cl)=C\c1sc(C(=O)O)cc1C=N. The summed E-state index contributed by atoms with van der Waals surface area (Å²) in [5.41, 5.74) is 0.576. The van der Waals surface area contributed by atoms with Crippen LogP contribution in [0.4, 0.5) is 0 Å². The third kappa shape index (κ3) is 2.43. The van der Waals surface area contributed by atoms with E-state index in [9.17, 15) is 4.79 Å². The average molecular weight is 230 g/mol. The van der Waals surface area contributed by atoms with Gasteiger partial charge in [0.15, 0.2) is 0 Å². The number of allylic oxidation sites excluding steroid dienone is 1. The van der Waals surface area contributed by atoms with E-state index in [-0.39, 0.29) is 4.88 Å². The van der Waals surface area contributed by atoms with Crippen molar-refractivity contribution in [3.05, 3.63) is 26.4 Å². The average Bonchev–Trinajstić information content (AvgIpc) is 2.46. The molecular formula is C9H8ClNO2S. The van der Waals surface area contributed by atoms with Gasteiger partial charge in [0, 0.05) is 21.7 Å². The van der Waals surface area contributed by atoms with Gasteiger partial charge in [-0.3, -0.25) is 0 Å². The van der Waals surface area contributed by atoms with Gasteiger partial charge >= 0.3 is 5.97 Å². The molecular weight excluding hydrogens is 222 g/mol. The van der Waals surface area contributed by atoms with Crippen molar-refractivity contribution >= 4 is 41.2 Å². The summed E-state index contributed by atoms with van der Waals surface area (Å²) in [5.74, 6) is -0.982. The molecule has 0 amide bonds. The summed E-state index contributed by atoms with van der Waals surface area (Å²) >= 11 is 6.78. The van der Waals surface area contributed by atoms with E-state index in [1.807, 2.05) is 0 Å². The zero-order valence-electron chi connectivity index (χ0n) is 7.37. The van der Waals surface area contributed by atoms with E-state index in [0.29, 0.717) is 15.5 Å². The van der Waals surface area contributed by atoms with E-state index >= 15 is 0 Å². The summed E-state index contributed by atoms with van der Waals surface area (Å²) in [4.78, 5) is 11.6. The second-order valence-electron chi connectivity index (χ2n) is 2.61. The zero-order valence-corrected chi connectivity index (χ0v) is 8.95. The quantitative estimate of drug-likeness (QED) is 0.783. The molecule has 1 aromatic heterocycles. The number of rotatable bonds is 3. The van der Waals surface area contributed by atoms with Gasteiger partial charge in [-0.1, -0.05) is 11.6 Å². The number of carbonyl (C=O) groups is 1. The summed E-state index contributed by atoms with van der Waals surface area (Å²) in [7, 11) is 0. The van der Waals surface area contributed by atoms with Crippen LogP contribution in [-0.4, -0.2) is 17.3 Å². The van der Waals surface area contributed by atoms with E-state index in [1.165, 1.54) is 6.07 Å². The Hall–Kier alpha value is -1.13. The van der Waals surface area contributed by atoms with Crippen LogP contribution in [0.25, 0.3) is 6.08 Å². The van der Waals surface area contributed by atoms with Crippen LogP contribution < -0.4 is 0 Å². The summed E-state index contributed by atoms with van der Waals surface area (Å²) in [5, 5.41) is 16.4. The summed E-state index contributed by atoms with van der Waals surface area (Å²) in [6.45, 7) is 1.70. The smallest absolute Gasteiger partial charge is 0.345 e. The number of carboxylic acid groups (broad SMARTS) is 1. The lowest BCUT2D eigenvalue weighted by Crippen LogP contribution is -1.90. The number of thiophene rings is 1. The molecule has 3 nitrogen and oxygen atoms in total. The molecule has 1 heterocycles. The molecule has 0 aliphatic carbocycles. The number of hydrogen-bond acceptors (Lipinski definition) is 3. The van der Waals surface area contributed by atoms with Crippen LogP contribution in [0.1, 0.15) is 27.0 Å². The first kappa shape index (κ1) is 10.9. The van der Waals surface area contributed by atoms with Gasteiger partial charge < -0.3 is 10.5 Å². The van der Waals surface area contributed by atoms with Crippen LogP contribution in [0.3, 0.4) is 0 Å². The molecule has 1 aromatic rings. The normalized spacial score (nSPS) is 11.4. The van der Waals surface area contributed by atoms with Crippen molar-refractivity contribution in [2.75, 3.05) is 0 Å². The van der Waals surface area contributed by atoms with Crippen LogP contribution in [0, 0.1) is 5.41 Å². The Morgan fingerprint density at radius 2 is 2.36 bits per heavy atom. The molecule has 0 spiro atoms. The molecule has 0 aliphatic rings. The largest absolute Gasteiger partial charge is 0.477 e. The van der Waals surface area contributed by atoms with Crippen molar-refractivity contribution in [3.63, 3.8) is 0 Å². The molecule has 74 valence electrons. The number of hydrogen-bond donors (Lipinski definition) is 2. The van der Waals surface area contributed by atoms with Crippen molar-refractivity contribution in [1.29, 1.82) is 5.41 Å². The fraction of sp³-hybridized carbons (Fsp3) is 0.111. The lowest BCUT2D eigenvalue weighted by Gasteiger charge is -1.89. The highest BCUT2D eigenvalue weighted by Crippen LogP contribution is 2.24. The molecule has 2 N–H and O–H groups in total. The molecule has 0 radical (unpaired) electrons. The minimum Gasteiger partial charge on any atom is -0.477 e. The summed E-state index contributed by atoms with van der Waals surface area (Å²) in [6.07, 6.45) is 2.77. The Bertz CT molecular complexity index is 405. The van der Waals surface area contributed by atoms with Crippen molar-refractivity contribution in [2.24, 2.45) is 0 Å². The van der Waals surface area contributed by atoms with Gasteiger partial charge in [-0.25, -0.2) is 4.79 Å². The number of halogens is 1. The monoisotopic (exact) mass is 229 g/mol. The van der Waals surface area contributed by atoms with E-state index < -0.39 is 5.97 Å². The number of carboxylic acids is 1. The molecule has 0 unspecified atom stereocenters. The highest BCUT2D eigenvalue weighted by Gasteiger charge is 2.10. The molecule has 0 bridgehead atoms. The third-order valence-corrected chi connectivity index (χ3v) is 2.68. The maximum Gasteiger partial charge on any atom is 0.345 e. The molecule has 5 heteroatoms. The molecule has 0 fully saturated rings. The molecule has 1 rings (SSSR count). The first-order valence-electron chi connectivity index (χ1n) is 3.76. The number of aromatic carboxylic acids is 1. The van der Waals surface area contributed by atoms with Gasteiger partial charge in [0.1, 0.15) is 4.88 Å². The van der Waals surface area contributed by atoms with Gasteiger partial charge in [-0.05, 0) is 19.1 Å². The number of nitrogens with one attached hydrogen (secondary N) is 1.